The van der Waals surface area contributed by atoms with E-state index >= 15 is 0 Å². The monoisotopic (exact) mass is 731 g/mol. The first-order valence-corrected chi connectivity index (χ1v) is 21.7. The molecule has 4 N–H and O–H groups in total. The van der Waals surface area contributed by atoms with Crippen molar-refractivity contribution in [2.24, 2.45) is 0 Å². The Kier molecular flexibility index (Phi) is 20.6. The van der Waals surface area contributed by atoms with Gasteiger partial charge in [-0.25, -0.2) is 21.6 Å². The van der Waals surface area contributed by atoms with Crippen LogP contribution in [-0.4, -0.2) is 72.2 Å². The molecule has 0 saturated carbocycles. The molecule has 0 radical (unpaired) electrons. The van der Waals surface area contributed by atoms with Crippen LogP contribution in [0.5, 0.6) is 0 Å². The van der Waals surface area contributed by atoms with E-state index in [9.17, 15) is 41.7 Å². The number of benzene rings is 1. The first kappa shape index (κ1) is 45.3. The van der Waals surface area contributed by atoms with Crippen molar-refractivity contribution < 1.29 is 41.7 Å². The van der Waals surface area contributed by atoms with Gasteiger partial charge in [-0.1, -0.05) is 134 Å². The first-order chi connectivity index (χ1) is 23.0. The van der Waals surface area contributed by atoms with Gasteiger partial charge in [0.05, 0.1) is 10.6 Å². The van der Waals surface area contributed by atoms with E-state index in [1.54, 1.807) is 6.92 Å². The van der Waals surface area contributed by atoms with Crippen molar-refractivity contribution in [2.75, 3.05) is 5.75 Å². The molecular weight excluding hydrogens is 667 g/mol. The van der Waals surface area contributed by atoms with Crippen molar-refractivity contribution >= 4 is 31.4 Å². The molecule has 0 amide bonds. The predicted octanol–water partition coefficient (Wildman–Crippen LogP) is 6.47. The molecule has 1 unspecified atom stereocenters. The van der Waals surface area contributed by atoms with Gasteiger partial charge < -0.3 is 15.3 Å². The Balaban J connectivity index is 3.29. The molecule has 0 aliphatic carbocycles. The van der Waals surface area contributed by atoms with Crippen LogP contribution >= 0.6 is 0 Å². The summed E-state index contributed by atoms with van der Waals surface area (Å²) in [4.78, 5) is 26.1. The summed E-state index contributed by atoms with van der Waals surface area (Å²) in [6.45, 7) is 7.78. The first-order valence-electron chi connectivity index (χ1n) is 18.5. The third-order valence-electron chi connectivity index (χ3n) is 9.64. The summed E-state index contributed by atoms with van der Waals surface area (Å²) in [5.74, 6) is -2.85. The highest BCUT2D eigenvalue weighted by atomic mass is 32.2. The minimum absolute atomic E-state index is 0.162. The molecule has 0 fully saturated rings. The fourth-order valence-corrected chi connectivity index (χ4v) is 9.22. The standard InChI is InChI=1S/C37H65NO9S2/c1-6-8-10-12-14-15-16-17-18-19-20-22-28-36(42,31(4)39)37(43,32(5)40)34(38-49(46,47)33-26-24-30(3)25-27-33)35(41)48(44,45)29-23-21-13-11-9-7-2/h24-27,34-35,38,41-43H,6-23,28-29H2,1-5H3/t34-,35?,36-,37-/m0/s1. The van der Waals surface area contributed by atoms with E-state index in [1.807, 2.05) is 4.72 Å². The Morgan fingerprint density at radius 2 is 1.08 bits per heavy atom. The fraction of sp³-hybridized carbons (Fsp3) is 0.784. The number of carbonyl (C=O) groups excluding carboxylic acids is 2. The summed E-state index contributed by atoms with van der Waals surface area (Å²) >= 11 is 0. The van der Waals surface area contributed by atoms with Crippen LogP contribution in [0.4, 0.5) is 0 Å². The topological polar surface area (TPSA) is 175 Å². The molecule has 0 heterocycles. The van der Waals surface area contributed by atoms with Crippen molar-refractivity contribution in [2.45, 2.75) is 184 Å². The van der Waals surface area contributed by atoms with Crippen LogP contribution in [0.15, 0.2) is 29.2 Å². The van der Waals surface area contributed by atoms with E-state index in [1.165, 1.54) is 62.8 Å². The fourth-order valence-electron chi connectivity index (χ4n) is 6.34. The molecule has 0 saturated heterocycles. The highest BCUT2D eigenvalue weighted by Crippen LogP contribution is 2.37. The zero-order valence-corrected chi connectivity index (χ0v) is 32.3. The van der Waals surface area contributed by atoms with E-state index in [-0.39, 0.29) is 17.7 Å². The molecule has 1 aromatic rings. The summed E-state index contributed by atoms with van der Waals surface area (Å²) in [5, 5.41) is 35.3. The Morgan fingerprint density at radius 1 is 0.673 bits per heavy atom. The van der Waals surface area contributed by atoms with Gasteiger partial charge in [0, 0.05) is 0 Å². The van der Waals surface area contributed by atoms with E-state index < -0.39 is 66.3 Å². The molecule has 284 valence electrons. The number of aliphatic hydroxyl groups is 3. The summed E-state index contributed by atoms with van der Waals surface area (Å²) in [6.07, 6.45) is 15.9. The minimum Gasteiger partial charge on any atom is -0.378 e. The maximum absolute atomic E-state index is 13.6. The number of carbonyl (C=O) groups is 2. The number of sulfone groups is 1. The van der Waals surface area contributed by atoms with Crippen molar-refractivity contribution in [3.8, 4) is 0 Å². The third kappa shape index (κ3) is 14.1. The molecule has 0 aliphatic rings. The third-order valence-corrected chi connectivity index (χ3v) is 13.0. The van der Waals surface area contributed by atoms with E-state index in [0.717, 1.165) is 70.8 Å². The number of unbranched alkanes of at least 4 members (excludes halogenated alkanes) is 16. The molecule has 1 rings (SSSR count). The number of Topliss-reactive ketones (excluding diaryl/α,β-unsaturated/α-hetero) is 2. The molecule has 0 aromatic heterocycles. The van der Waals surface area contributed by atoms with Crippen LogP contribution in [0.25, 0.3) is 0 Å². The van der Waals surface area contributed by atoms with Crippen LogP contribution < -0.4 is 4.72 Å². The predicted molar refractivity (Wildman–Crippen MR) is 195 cm³/mol. The van der Waals surface area contributed by atoms with Gasteiger partial charge >= 0.3 is 0 Å². The molecule has 1 aromatic carbocycles. The molecular formula is C37H65NO9S2. The smallest absolute Gasteiger partial charge is 0.241 e. The van der Waals surface area contributed by atoms with Gasteiger partial charge in [0.1, 0.15) is 6.04 Å². The number of nitrogens with one attached hydrogen (secondary N) is 1. The van der Waals surface area contributed by atoms with Crippen molar-refractivity contribution in [1.82, 2.24) is 4.72 Å². The second-order valence-corrected chi connectivity index (χ2v) is 17.7. The maximum atomic E-state index is 13.6. The number of rotatable bonds is 29. The number of aliphatic hydroxyl groups excluding tert-OH is 1. The Hall–Kier alpha value is -1.70. The maximum Gasteiger partial charge on any atom is 0.241 e. The SMILES string of the molecule is CCCCCCCCCCCCCC[C@](O)(C(C)=O)[C@](O)(C(C)=O)[C@@H](NS(=O)(=O)c1ccc(C)cc1)C(O)S(=O)(=O)CCCCCCCC. The molecule has 0 bridgehead atoms. The number of hydrogen-bond acceptors (Lipinski definition) is 9. The van der Waals surface area contributed by atoms with Crippen molar-refractivity contribution in [1.29, 1.82) is 0 Å². The van der Waals surface area contributed by atoms with Crippen LogP contribution in [0.3, 0.4) is 0 Å². The zero-order chi connectivity index (χ0) is 37.1. The van der Waals surface area contributed by atoms with Gasteiger partial charge in [-0.3, -0.25) is 9.59 Å². The number of hydrogen-bond donors (Lipinski definition) is 4. The quantitative estimate of drug-likeness (QED) is 0.0674. The lowest BCUT2D eigenvalue weighted by Gasteiger charge is -2.46. The van der Waals surface area contributed by atoms with Crippen LogP contribution in [0.2, 0.25) is 0 Å². The summed E-state index contributed by atoms with van der Waals surface area (Å²) in [6, 6.07) is 3.02. The summed E-state index contributed by atoms with van der Waals surface area (Å²) < 4.78 is 56.2. The van der Waals surface area contributed by atoms with Gasteiger partial charge in [0.25, 0.3) is 0 Å². The summed E-state index contributed by atoms with van der Waals surface area (Å²) in [7, 11) is -9.25. The van der Waals surface area contributed by atoms with Gasteiger partial charge in [-0.15, -0.1) is 0 Å². The second-order valence-electron chi connectivity index (χ2n) is 13.8. The van der Waals surface area contributed by atoms with Crippen LogP contribution in [0.1, 0.15) is 155 Å². The number of aryl methyl sites for hydroxylation is 1. The van der Waals surface area contributed by atoms with Gasteiger partial charge in [-0.05, 0) is 52.2 Å². The molecule has 4 atom stereocenters. The van der Waals surface area contributed by atoms with E-state index in [2.05, 4.69) is 13.8 Å². The lowest BCUT2D eigenvalue weighted by Crippen LogP contribution is -2.75. The molecule has 10 nitrogen and oxygen atoms in total. The normalized spacial score (nSPS) is 16.1. The van der Waals surface area contributed by atoms with Crippen molar-refractivity contribution in [3.05, 3.63) is 29.8 Å². The highest BCUT2D eigenvalue weighted by Gasteiger charge is 2.64. The molecule has 49 heavy (non-hydrogen) atoms. The minimum atomic E-state index is -4.68. The Morgan fingerprint density at radius 3 is 1.49 bits per heavy atom. The van der Waals surface area contributed by atoms with Crippen molar-refractivity contribution in [3.63, 3.8) is 0 Å². The van der Waals surface area contributed by atoms with Gasteiger partial charge in [-0.2, -0.15) is 0 Å². The van der Waals surface area contributed by atoms with Crippen LogP contribution in [-0.2, 0) is 29.4 Å². The van der Waals surface area contributed by atoms with E-state index in [4.69, 9.17) is 0 Å². The average molecular weight is 732 g/mol. The molecule has 0 spiro atoms. The van der Waals surface area contributed by atoms with Gasteiger partial charge in [0.15, 0.2) is 38.0 Å². The van der Waals surface area contributed by atoms with E-state index in [0.29, 0.717) is 12.8 Å². The zero-order valence-electron chi connectivity index (χ0n) is 30.7. The highest BCUT2D eigenvalue weighted by molar-refractivity contribution is 7.92. The summed E-state index contributed by atoms with van der Waals surface area (Å²) in [5.41, 5.74) is -8.12. The lowest BCUT2D eigenvalue weighted by molar-refractivity contribution is -0.191. The number of ketones is 2. The Bertz CT molecular complexity index is 1330. The average Bonchev–Trinajstić information content (AvgIpc) is 3.04. The van der Waals surface area contributed by atoms with Gasteiger partial charge in [0.2, 0.25) is 10.0 Å². The second kappa shape index (κ2) is 22.3. The van der Waals surface area contributed by atoms with Crippen LogP contribution in [0, 0.1) is 6.92 Å². The Labute approximate surface area is 296 Å². The molecule has 12 heteroatoms. The largest absolute Gasteiger partial charge is 0.378 e. The number of sulfonamides is 1. The molecule has 0 aliphatic heterocycles. The lowest BCUT2D eigenvalue weighted by atomic mass is 9.70.